The molecule has 2 N–H and O–H groups in total. The van der Waals surface area contributed by atoms with Crippen LogP contribution in [0.3, 0.4) is 0 Å². The van der Waals surface area contributed by atoms with Crippen LogP contribution in [0.25, 0.3) is 0 Å². The fraction of sp³-hybridized carbons (Fsp3) is 0.235. The van der Waals surface area contributed by atoms with Gasteiger partial charge in [0.2, 0.25) is 15.9 Å². The molecule has 24 heavy (non-hydrogen) atoms. The van der Waals surface area contributed by atoms with E-state index in [0.29, 0.717) is 16.6 Å². The molecule has 0 spiro atoms. The third-order valence-corrected chi connectivity index (χ3v) is 5.08. The predicted octanol–water partition coefficient (Wildman–Crippen LogP) is 3.38. The fourth-order valence-electron chi connectivity index (χ4n) is 2.01. The molecule has 0 aromatic heterocycles. The van der Waals surface area contributed by atoms with Gasteiger partial charge in [0, 0.05) is 10.7 Å². The van der Waals surface area contributed by atoms with Crippen molar-refractivity contribution in [1.29, 1.82) is 0 Å². The molecule has 0 radical (unpaired) electrons. The van der Waals surface area contributed by atoms with Crippen molar-refractivity contribution in [3.8, 4) is 0 Å². The quantitative estimate of drug-likeness (QED) is 0.822. The highest BCUT2D eigenvalue weighted by molar-refractivity contribution is 7.89. The molecular weight excluding hydrogens is 348 g/mol. The molecule has 0 saturated heterocycles. The third-order valence-electron chi connectivity index (χ3n) is 3.41. The minimum absolute atomic E-state index is 0.131. The summed E-state index contributed by atoms with van der Waals surface area (Å²) >= 11 is 5.76. The number of hydrogen-bond acceptors (Lipinski definition) is 3. The number of carbonyl (C=O) groups excluding carboxylic acids is 1. The SMILES string of the molecule is CC(C)c1ccc(S(=O)(=O)NCC(=O)Nc2ccc(Cl)cc2)cc1. The van der Waals surface area contributed by atoms with Crippen LogP contribution in [-0.4, -0.2) is 20.9 Å². The number of benzene rings is 2. The number of halogens is 1. The van der Waals surface area contributed by atoms with Gasteiger partial charge in [-0.1, -0.05) is 37.6 Å². The lowest BCUT2D eigenvalue weighted by atomic mass is 10.0. The van der Waals surface area contributed by atoms with E-state index in [1.807, 2.05) is 13.8 Å². The van der Waals surface area contributed by atoms with E-state index in [-0.39, 0.29) is 11.4 Å². The Balaban J connectivity index is 1.96. The molecule has 2 rings (SSSR count). The molecule has 2 aromatic rings. The van der Waals surface area contributed by atoms with Crippen LogP contribution in [0.4, 0.5) is 5.69 Å². The molecule has 128 valence electrons. The summed E-state index contributed by atoms with van der Waals surface area (Å²) in [6, 6.07) is 13.2. The van der Waals surface area contributed by atoms with Gasteiger partial charge in [-0.15, -0.1) is 0 Å². The van der Waals surface area contributed by atoms with Crippen molar-refractivity contribution in [2.75, 3.05) is 11.9 Å². The molecule has 2 aromatic carbocycles. The van der Waals surface area contributed by atoms with E-state index in [2.05, 4.69) is 10.0 Å². The topological polar surface area (TPSA) is 75.3 Å². The van der Waals surface area contributed by atoms with Gasteiger partial charge in [0.05, 0.1) is 11.4 Å². The maximum absolute atomic E-state index is 12.2. The molecule has 0 aliphatic heterocycles. The summed E-state index contributed by atoms with van der Waals surface area (Å²) in [5, 5.41) is 3.15. The second kappa shape index (κ2) is 7.79. The highest BCUT2D eigenvalue weighted by Gasteiger charge is 2.15. The van der Waals surface area contributed by atoms with E-state index in [0.717, 1.165) is 5.56 Å². The lowest BCUT2D eigenvalue weighted by molar-refractivity contribution is -0.115. The minimum Gasteiger partial charge on any atom is -0.325 e. The number of hydrogen-bond donors (Lipinski definition) is 2. The van der Waals surface area contributed by atoms with Crippen LogP contribution in [0.1, 0.15) is 25.3 Å². The Labute approximate surface area is 147 Å². The van der Waals surface area contributed by atoms with Gasteiger partial charge in [-0.3, -0.25) is 4.79 Å². The molecule has 0 aliphatic rings. The number of carbonyl (C=O) groups is 1. The average molecular weight is 367 g/mol. The summed E-state index contributed by atoms with van der Waals surface area (Å²) in [6.07, 6.45) is 0. The van der Waals surface area contributed by atoms with Crippen molar-refractivity contribution in [3.05, 3.63) is 59.1 Å². The molecule has 0 fully saturated rings. The van der Waals surface area contributed by atoms with Gasteiger partial charge < -0.3 is 5.32 Å². The van der Waals surface area contributed by atoms with Crippen LogP contribution in [-0.2, 0) is 14.8 Å². The molecule has 7 heteroatoms. The molecule has 0 unspecified atom stereocenters. The van der Waals surface area contributed by atoms with E-state index in [1.54, 1.807) is 36.4 Å². The zero-order chi connectivity index (χ0) is 17.7. The van der Waals surface area contributed by atoms with Crippen LogP contribution < -0.4 is 10.0 Å². The molecular formula is C17H19ClN2O3S. The molecule has 0 saturated carbocycles. The second-order valence-corrected chi connectivity index (χ2v) is 7.81. The van der Waals surface area contributed by atoms with Crippen LogP contribution in [0.15, 0.2) is 53.4 Å². The van der Waals surface area contributed by atoms with Gasteiger partial charge >= 0.3 is 0 Å². The van der Waals surface area contributed by atoms with Gasteiger partial charge in [0.25, 0.3) is 0 Å². The number of sulfonamides is 1. The lowest BCUT2D eigenvalue weighted by Crippen LogP contribution is -2.32. The Kier molecular flexibility index (Phi) is 5.99. The Bertz CT molecular complexity index is 801. The maximum Gasteiger partial charge on any atom is 0.241 e. The first-order chi connectivity index (χ1) is 11.3. The Morgan fingerprint density at radius 1 is 1.04 bits per heavy atom. The van der Waals surface area contributed by atoms with Crippen molar-refractivity contribution in [3.63, 3.8) is 0 Å². The fourth-order valence-corrected chi connectivity index (χ4v) is 3.12. The third kappa shape index (κ3) is 5.06. The Hall–Kier alpha value is -1.89. The summed E-state index contributed by atoms with van der Waals surface area (Å²) in [5.41, 5.74) is 1.60. The normalized spacial score (nSPS) is 11.5. The zero-order valence-electron chi connectivity index (χ0n) is 13.4. The number of rotatable bonds is 6. The molecule has 1 amide bonds. The van der Waals surface area contributed by atoms with Crippen LogP contribution >= 0.6 is 11.6 Å². The van der Waals surface area contributed by atoms with E-state index in [1.165, 1.54) is 12.1 Å². The van der Waals surface area contributed by atoms with Gasteiger partial charge in [-0.2, -0.15) is 0 Å². The molecule has 0 atom stereocenters. The molecule has 0 bridgehead atoms. The minimum atomic E-state index is -3.73. The number of amides is 1. The van der Waals surface area contributed by atoms with Crippen molar-refractivity contribution in [1.82, 2.24) is 4.72 Å². The van der Waals surface area contributed by atoms with Crippen molar-refractivity contribution in [2.24, 2.45) is 0 Å². The smallest absolute Gasteiger partial charge is 0.241 e. The van der Waals surface area contributed by atoms with Gasteiger partial charge in [-0.05, 0) is 47.9 Å². The van der Waals surface area contributed by atoms with Crippen LogP contribution in [0.2, 0.25) is 5.02 Å². The number of anilines is 1. The summed E-state index contributed by atoms with van der Waals surface area (Å²) in [5.74, 6) is -0.139. The Morgan fingerprint density at radius 2 is 1.62 bits per heavy atom. The lowest BCUT2D eigenvalue weighted by Gasteiger charge is -2.09. The standard InChI is InChI=1S/C17H19ClN2O3S/c1-12(2)13-3-9-16(10-4-13)24(22,23)19-11-17(21)20-15-7-5-14(18)6-8-15/h3-10,12,19H,11H2,1-2H3,(H,20,21). The highest BCUT2D eigenvalue weighted by atomic mass is 35.5. The van der Waals surface area contributed by atoms with Crippen LogP contribution in [0.5, 0.6) is 0 Å². The van der Waals surface area contributed by atoms with Gasteiger partial charge in [0.1, 0.15) is 0 Å². The predicted molar refractivity (Wildman–Crippen MR) is 95.8 cm³/mol. The molecule has 0 aliphatic carbocycles. The van der Waals surface area contributed by atoms with E-state index in [4.69, 9.17) is 11.6 Å². The average Bonchev–Trinajstić information content (AvgIpc) is 2.55. The first-order valence-corrected chi connectivity index (χ1v) is 9.29. The molecule has 5 nitrogen and oxygen atoms in total. The first kappa shape index (κ1) is 18.4. The summed E-state index contributed by atoms with van der Waals surface area (Å²) in [6.45, 7) is 3.71. The largest absolute Gasteiger partial charge is 0.325 e. The van der Waals surface area contributed by atoms with Gasteiger partial charge in [-0.25, -0.2) is 13.1 Å². The Morgan fingerprint density at radius 3 is 2.17 bits per heavy atom. The maximum atomic E-state index is 12.2. The zero-order valence-corrected chi connectivity index (χ0v) is 15.0. The molecule has 0 heterocycles. The first-order valence-electron chi connectivity index (χ1n) is 7.43. The number of nitrogens with one attached hydrogen (secondary N) is 2. The highest BCUT2D eigenvalue weighted by Crippen LogP contribution is 2.17. The second-order valence-electron chi connectivity index (χ2n) is 5.60. The summed E-state index contributed by atoms with van der Waals surface area (Å²) in [4.78, 5) is 12.0. The van der Waals surface area contributed by atoms with Crippen molar-refractivity contribution >= 4 is 33.2 Å². The van der Waals surface area contributed by atoms with E-state index >= 15 is 0 Å². The summed E-state index contributed by atoms with van der Waals surface area (Å²) < 4.78 is 26.7. The van der Waals surface area contributed by atoms with Gasteiger partial charge in [0.15, 0.2) is 0 Å². The summed E-state index contributed by atoms with van der Waals surface area (Å²) in [7, 11) is -3.73. The van der Waals surface area contributed by atoms with Crippen LogP contribution in [0, 0.1) is 0 Å². The van der Waals surface area contributed by atoms with Crippen molar-refractivity contribution < 1.29 is 13.2 Å². The monoisotopic (exact) mass is 366 g/mol. The van der Waals surface area contributed by atoms with Crippen molar-refractivity contribution in [2.45, 2.75) is 24.7 Å². The van der Waals surface area contributed by atoms with E-state index in [9.17, 15) is 13.2 Å². The van der Waals surface area contributed by atoms with E-state index < -0.39 is 15.9 Å².